The van der Waals surface area contributed by atoms with E-state index in [2.05, 4.69) is 29.5 Å². The first-order valence-electron chi connectivity index (χ1n) is 9.07. The van der Waals surface area contributed by atoms with Crippen LogP contribution in [0.4, 0.5) is 0 Å². The zero-order valence-corrected chi connectivity index (χ0v) is 16.0. The quantitative estimate of drug-likeness (QED) is 0.584. The van der Waals surface area contributed by atoms with E-state index in [1.807, 2.05) is 18.2 Å². The molecule has 6 heteroatoms. The van der Waals surface area contributed by atoms with Gasteiger partial charge >= 0.3 is 0 Å². The number of guanidine groups is 1. The van der Waals surface area contributed by atoms with Crippen LogP contribution in [0, 0.1) is 5.92 Å². The molecular formula is C19H32N4O2. The van der Waals surface area contributed by atoms with Crippen LogP contribution in [0.2, 0.25) is 0 Å². The summed E-state index contributed by atoms with van der Waals surface area (Å²) in [5, 5.41) is 6.81. The lowest BCUT2D eigenvalue weighted by Gasteiger charge is -2.29. The third-order valence-corrected chi connectivity index (χ3v) is 4.64. The zero-order chi connectivity index (χ0) is 18.1. The molecule has 0 spiro atoms. The molecular weight excluding hydrogens is 316 g/mol. The Morgan fingerprint density at radius 1 is 1.20 bits per heavy atom. The van der Waals surface area contributed by atoms with Crippen LogP contribution >= 0.6 is 0 Å². The second kappa shape index (κ2) is 10.1. The number of methoxy groups -OCH3 is 2. The van der Waals surface area contributed by atoms with Gasteiger partial charge in [-0.15, -0.1) is 0 Å². The van der Waals surface area contributed by atoms with Crippen LogP contribution in [-0.4, -0.2) is 58.3 Å². The summed E-state index contributed by atoms with van der Waals surface area (Å²) in [6.45, 7) is 6.83. The van der Waals surface area contributed by atoms with E-state index < -0.39 is 0 Å². The van der Waals surface area contributed by atoms with Gasteiger partial charge < -0.3 is 25.0 Å². The summed E-state index contributed by atoms with van der Waals surface area (Å²) in [6, 6.07) is 5.83. The number of nitrogens with zero attached hydrogens (tertiary/aromatic N) is 2. The van der Waals surface area contributed by atoms with Crippen LogP contribution in [0.3, 0.4) is 0 Å². The second-order valence-electron chi connectivity index (χ2n) is 6.50. The summed E-state index contributed by atoms with van der Waals surface area (Å²) < 4.78 is 10.7. The van der Waals surface area contributed by atoms with Gasteiger partial charge in [0, 0.05) is 24.7 Å². The van der Waals surface area contributed by atoms with Gasteiger partial charge in [-0.2, -0.15) is 0 Å². The van der Waals surface area contributed by atoms with Gasteiger partial charge in [0.15, 0.2) is 5.96 Å². The molecule has 6 nitrogen and oxygen atoms in total. The predicted molar refractivity (Wildman–Crippen MR) is 103 cm³/mol. The van der Waals surface area contributed by atoms with E-state index in [4.69, 9.17) is 14.5 Å². The molecule has 0 bridgehead atoms. The van der Waals surface area contributed by atoms with Crippen LogP contribution in [0.5, 0.6) is 11.5 Å². The third kappa shape index (κ3) is 6.12. The molecule has 0 amide bonds. The lowest BCUT2D eigenvalue weighted by molar-refractivity contribution is 0.220. The average Bonchev–Trinajstić information content (AvgIpc) is 2.65. The fourth-order valence-electron chi connectivity index (χ4n) is 3.00. The van der Waals surface area contributed by atoms with Gasteiger partial charge in [-0.05, 0) is 58.0 Å². The molecule has 2 N–H and O–H groups in total. The minimum absolute atomic E-state index is 0.565. The summed E-state index contributed by atoms with van der Waals surface area (Å²) in [7, 11) is 5.52. The maximum Gasteiger partial charge on any atom is 0.191 e. The fraction of sp³-hybridized carbons (Fsp3) is 0.632. The van der Waals surface area contributed by atoms with Gasteiger partial charge in [0.25, 0.3) is 0 Å². The number of piperidine rings is 1. The zero-order valence-electron chi connectivity index (χ0n) is 16.0. The minimum Gasteiger partial charge on any atom is -0.497 e. The molecule has 0 aromatic heterocycles. The first-order chi connectivity index (χ1) is 12.2. The summed E-state index contributed by atoms with van der Waals surface area (Å²) in [5.41, 5.74) is 1.04. The number of nitrogens with one attached hydrogen (secondary N) is 2. The van der Waals surface area contributed by atoms with E-state index in [-0.39, 0.29) is 0 Å². The van der Waals surface area contributed by atoms with Gasteiger partial charge in [0.05, 0.1) is 20.8 Å². The van der Waals surface area contributed by atoms with Crippen molar-refractivity contribution >= 4 is 5.96 Å². The number of rotatable bonds is 7. The van der Waals surface area contributed by atoms with E-state index in [0.29, 0.717) is 6.54 Å². The SMILES string of the molecule is CCNC(=NCc1ccc(OC)cc1OC)NCC1CCN(C)CC1. The molecule has 0 unspecified atom stereocenters. The summed E-state index contributed by atoms with van der Waals surface area (Å²) in [5.74, 6) is 3.17. The van der Waals surface area contributed by atoms with Crippen molar-refractivity contribution in [2.24, 2.45) is 10.9 Å². The van der Waals surface area contributed by atoms with E-state index in [1.165, 1.54) is 25.9 Å². The Bertz CT molecular complexity index is 554. The molecule has 1 fully saturated rings. The first-order valence-corrected chi connectivity index (χ1v) is 9.07. The van der Waals surface area contributed by atoms with Crippen molar-refractivity contribution < 1.29 is 9.47 Å². The third-order valence-electron chi connectivity index (χ3n) is 4.64. The van der Waals surface area contributed by atoms with Gasteiger partial charge in [-0.25, -0.2) is 4.99 Å². The summed E-state index contributed by atoms with van der Waals surface area (Å²) in [4.78, 5) is 7.10. The van der Waals surface area contributed by atoms with Crippen molar-refractivity contribution in [3.05, 3.63) is 23.8 Å². The fourth-order valence-corrected chi connectivity index (χ4v) is 3.00. The van der Waals surface area contributed by atoms with Gasteiger partial charge in [0.2, 0.25) is 0 Å². The molecule has 1 aliphatic heterocycles. The van der Waals surface area contributed by atoms with Gasteiger partial charge in [0.1, 0.15) is 11.5 Å². The standard InChI is InChI=1S/C19H32N4O2/c1-5-20-19(21-13-15-8-10-23(2)11-9-15)22-14-16-6-7-17(24-3)12-18(16)25-4/h6-7,12,15H,5,8-11,13-14H2,1-4H3,(H2,20,21,22). The van der Waals surface area contributed by atoms with Gasteiger partial charge in [-0.1, -0.05) is 0 Å². The van der Waals surface area contributed by atoms with Crippen LogP contribution < -0.4 is 20.1 Å². The van der Waals surface area contributed by atoms with Crippen LogP contribution in [0.25, 0.3) is 0 Å². The van der Waals surface area contributed by atoms with Crippen LogP contribution in [0.1, 0.15) is 25.3 Å². The maximum absolute atomic E-state index is 5.45. The lowest BCUT2D eigenvalue weighted by Crippen LogP contribution is -2.42. The summed E-state index contributed by atoms with van der Waals surface area (Å²) in [6.07, 6.45) is 2.49. The van der Waals surface area contributed by atoms with Crippen molar-refractivity contribution in [3.8, 4) is 11.5 Å². The molecule has 1 heterocycles. The average molecular weight is 348 g/mol. The number of hydrogen-bond acceptors (Lipinski definition) is 4. The molecule has 1 saturated heterocycles. The van der Waals surface area contributed by atoms with E-state index in [0.717, 1.165) is 42.0 Å². The van der Waals surface area contributed by atoms with E-state index in [9.17, 15) is 0 Å². The number of benzene rings is 1. The summed E-state index contributed by atoms with van der Waals surface area (Å²) >= 11 is 0. The molecule has 0 atom stereocenters. The second-order valence-corrected chi connectivity index (χ2v) is 6.50. The van der Waals surface area contributed by atoms with Crippen molar-refractivity contribution in [1.82, 2.24) is 15.5 Å². The first kappa shape index (κ1) is 19.4. The smallest absolute Gasteiger partial charge is 0.191 e. The predicted octanol–water partition coefficient (Wildman–Crippen LogP) is 2.10. The Morgan fingerprint density at radius 2 is 1.96 bits per heavy atom. The van der Waals surface area contributed by atoms with Gasteiger partial charge in [-0.3, -0.25) is 0 Å². The molecule has 1 aromatic carbocycles. The Morgan fingerprint density at radius 3 is 2.60 bits per heavy atom. The molecule has 140 valence electrons. The Hall–Kier alpha value is -1.95. The maximum atomic E-state index is 5.45. The molecule has 0 saturated carbocycles. The van der Waals surface area contributed by atoms with Crippen molar-refractivity contribution in [3.63, 3.8) is 0 Å². The highest BCUT2D eigenvalue weighted by Crippen LogP contribution is 2.25. The molecule has 1 aliphatic rings. The highest BCUT2D eigenvalue weighted by molar-refractivity contribution is 5.79. The van der Waals surface area contributed by atoms with Crippen LogP contribution in [0.15, 0.2) is 23.2 Å². The minimum atomic E-state index is 0.565. The molecule has 25 heavy (non-hydrogen) atoms. The lowest BCUT2D eigenvalue weighted by atomic mass is 9.97. The highest BCUT2D eigenvalue weighted by atomic mass is 16.5. The largest absolute Gasteiger partial charge is 0.497 e. The van der Waals surface area contributed by atoms with Crippen molar-refractivity contribution in [1.29, 1.82) is 0 Å². The van der Waals surface area contributed by atoms with E-state index in [1.54, 1.807) is 14.2 Å². The topological polar surface area (TPSA) is 58.1 Å². The Kier molecular flexibility index (Phi) is 7.85. The number of aliphatic imine (C=N–C) groups is 1. The highest BCUT2D eigenvalue weighted by Gasteiger charge is 2.16. The number of likely N-dealkylation sites (tertiary alicyclic amines) is 1. The normalized spacial score (nSPS) is 16.6. The van der Waals surface area contributed by atoms with Crippen molar-refractivity contribution in [2.45, 2.75) is 26.3 Å². The molecule has 1 aromatic rings. The Labute approximate surface area is 151 Å². The van der Waals surface area contributed by atoms with Crippen molar-refractivity contribution in [2.75, 3.05) is 47.4 Å². The van der Waals surface area contributed by atoms with Crippen LogP contribution in [-0.2, 0) is 6.54 Å². The monoisotopic (exact) mass is 348 g/mol. The molecule has 0 aliphatic carbocycles. The van der Waals surface area contributed by atoms with E-state index >= 15 is 0 Å². The number of hydrogen-bond donors (Lipinski definition) is 2. The number of ether oxygens (including phenoxy) is 2. The molecule has 0 radical (unpaired) electrons. The Balaban J connectivity index is 1.94. The molecule has 2 rings (SSSR count).